The van der Waals surface area contributed by atoms with Crippen LogP contribution in [0, 0.1) is 0 Å². The molecule has 18 heavy (non-hydrogen) atoms. The van der Waals surface area contributed by atoms with Gasteiger partial charge in [-0.1, -0.05) is 0 Å². The van der Waals surface area contributed by atoms with Crippen molar-refractivity contribution in [1.82, 2.24) is 10.3 Å². The van der Waals surface area contributed by atoms with Gasteiger partial charge in [-0.25, -0.2) is 5.84 Å². The van der Waals surface area contributed by atoms with Gasteiger partial charge < -0.3 is 9.84 Å². The molecule has 4 N–H and O–H groups in total. The number of nitrogens with zero attached hydrogens (tertiary/aromatic N) is 1. The van der Waals surface area contributed by atoms with E-state index in [1.807, 2.05) is 23.4 Å². The largest absolute Gasteiger partial charge is 0.394 e. The van der Waals surface area contributed by atoms with E-state index in [2.05, 4.69) is 5.43 Å². The summed E-state index contributed by atoms with van der Waals surface area (Å²) in [6, 6.07) is 1.92. The van der Waals surface area contributed by atoms with Crippen LogP contribution in [-0.2, 0) is 11.3 Å². The van der Waals surface area contributed by atoms with Crippen LogP contribution in [0.4, 0.5) is 0 Å². The van der Waals surface area contributed by atoms with Gasteiger partial charge in [0.2, 0.25) is 0 Å². The van der Waals surface area contributed by atoms with E-state index in [0.29, 0.717) is 24.6 Å². The van der Waals surface area contributed by atoms with E-state index in [-0.39, 0.29) is 12.5 Å². The Balaban J connectivity index is 2.42. The lowest BCUT2D eigenvalue weighted by Gasteiger charge is -2.16. The highest BCUT2D eigenvalue weighted by atomic mass is 32.1. The number of likely N-dealkylation sites (N-methyl/N-ethyl adjacent to an activating group) is 1. The maximum atomic E-state index is 11.5. The summed E-state index contributed by atoms with van der Waals surface area (Å²) in [7, 11) is 1.95. The predicted octanol–water partition coefficient (Wildman–Crippen LogP) is -0.208. The maximum absolute atomic E-state index is 11.5. The molecule has 1 aromatic rings. The number of aliphatic hydroxyl groups is 1. The Morgan fingerprint density at radius 2 is 2.39 bits per heavy atom. The second-order valence-corrected chi connectivity index (χ2v) is 4.74. The number of nitrogens with two attached hydrogens (primary N) is 1. The predicted molar refractivity (Wildman–Crippen MR) is 70.2 cm³/mol. The molecule has 0 aliphatic carbocycles. The molecule has 0 bridgehead atoms. The summed E-state index contributed by atoms with van der Waals surface area (Å²) >= 11 is 1.37. The van der Waals surface area contributed by atoms with E-state index in [4.69, 9.17) is 15.7 Å². The normalized spacial score (nSPS) is 10.9. The van der Waals surface area contributed by atoms with Gasteiger partial charge in [-0.3, -0.25) is 15.1 Å². The third-order valence-corrected chi connectivity index (χ3v) is 3.33. The summed E-state index contributed by atoms with van der Waals surface area (Å²) in [4.78, 5) is 14.2. The van der Waals surface area contributed by atoms with Crippen molar-refractivity contribution in [3.05, 3.63) is 21.9 Å². The molecule has 0 atom stereocenters. The first-order valence-electron chi connectivity index (χ1n) is 5.63. The molecule has 0 saturated carbocycles. The summed E-state index contributed by atoms with van der Waals surface area (Å²) in [6.45, 7) is 2.34. The fourth-order valence-electron chi connectivity index (χ4n) is 1.48. The molecule has 1 rings (SSSR count). The quantitative estimate of drug-likeness (QED) is 0.264. The van der Waals surface area contributed by atoms with Crippen LogP contribution in [0.5, 0.6) is 0 Å². The molecule has 0 saturated heterocycles. The van der Waals surface area contributed by atoms with E-state index in [0.717, 1.165) is 12.1 Å². The van der Waals surface area contributed by atoms with Crippen molar-refractivity contribution in [2.75, 3.05) is 33.4 Å². The smallest absolute Gasteiger partial charge is 0.275 e. The van der Waals surface area contributed by atoms with Crippen LogP contribution in [0.3, 0.4) is 0 Å². The summed E-state index contributed by atoms with van der Waals surface area (Å²) in [5, 5.41) is 10.4. The Morgan fingerprint density at radius 1 is 1.61 bits per heavy atom. The van der Waals surface area contributed by atoms with Gasteiger partial charge in [0, 0.05) is 13.1 Å². The molecule has 0 aromatic carbocycles. The molecule has 7 heteroatoms. The fraction of sp³-hybridized carbons (Fsp3) is 0.545. The van der Waals surface area contributed by atoms with Gasteiger partial charge in [0.1, 0.15) is 0 Å². The average Bonchev–Trinajstić information content (AvgIpc) is 2.82. The monoisotopic (exact) mass is 273 g/mol. The van der Waals surface area contributed by atoms with Crippen molar-refractivity contribution in [3.63, 3.8) is 0 Å². The van der Waals surface area contributed by atoms with Crippen molar-refractivity contribution >= 4 is 17.2 Å². The first kappa shape index (κ1) is 15.1. The topological polar surface area (TPSA) is 87.8 Å². The molecule has 0 fully saturated rings. The lowest BCUT2D eigenvalue weighted by Crippen LogP contribution is -2.31. The highest BCUT2D eigenvalue weighted by Gasteiger charge is 2.13. The Labute approximate surface area is 110 Å². The van der Waals surface area contributed by atoms with Gasteiger partial charge in [-0.2, -0.15) is 0 Å². The highest BCUT2D eigenvalue weighted by Crippen LogP contribution is 2.17. The van der Waals surface area contributed by atoms with E-state index < -0.39 is 0 Å². The number of carbonyl (C=O) groups excluding carboxylic acids is 1. The Kier molecular flexibility index (Phi) is 6.84. The fourth-order valence-corrected chi connectivity index (χ4v) is 2.30. The number of ether oxygens (including phenoxy) is 1. The van der Waals surface area contributed by atoms with Gasteiger partial charge in [-0.05, 0) is 24.1 Å². The van der Waals surface area contributed by atoms with Crippen LogP contribution in [0.15, 0.2) is 11.4 Å². The molecular formula is C11H19N3O3S. The summed E-state index contributed by atoms with van der Waals surface area (Å²) < 4.78 is 5.18. The minimum Gasteiger partial charge on any atom is -0.394 e. The zero-order valence-electron chi connectivity index (χ0n) is 10.4. The molecule has 1 heterocycles. The molecule has 0 aliphatic heterocycles. The van der Waals surface area contributed by atoms with E-state index in [1.54, 1.807) is 0 Å². The molecule has 0 unspecified atom stereocenters. The summed E-state index contributed by atoms with van der Waals surface area (Å²) in [5.41, 5.74) is 3.09. The van der Waals surface area contributed by atoms with Crippen molar-refractivity contribution in [3.8, 4) is 0 Å². The van der Waals surface area contributed by atoms with Crippen LogP contribution in [0.1, 0.15) is 15.2 Å². The standard InChI is InChI=1S/C11H19N3O3S/c1-14(3-5-17-6-4-15)8-9-2-7-18-10(9)11(16)13-12/h2,7,15H,3-6,8,12H2,1H3,(H,13,16). The molecule has 1 amide bonds. The molecule has 0 radical (unpaired) electrons. The Hall–Kier alpha value is -0.990. The molecule has 0 spiro atoms. The zero-order chi connectivity index (χ0) is 13.4. The number of hydrazine groups is 1. The number of thiophene rings is 1. The first-order chi connectivity index (χ1) is 8.69. The Bertz CT molecular complexity index is 370. The van der Waals surface area contributed by atoms with Crippen molar-refractivity contribution < 1.29 is 14.6 Å². The van der Waals surface area contributed by atoms with Crippen LogP contribution in [0.25, 0.3) is 0 Å². The number of rotatable bonds is 8. The van der Waals surface area contributed by atoms with E-state index in [1.165, 1.54) is 11.3 Å². The van der Waals surface area contributed by atoms with Gasteiger partial charge in [0.15, 0.2) is 0 Å². The van der Waals surface area contributed by atoms with Gasteiger partial charge in [-0.15, -0.1) is 11.3 Å². The molecule has 1 aromatic heterocycles. The van der Waals surface area contributed by atoms with Crippen molar-refractivity contribution in [2.45, 2.75) is 6.54 Å². The van der Waals surface area contributed by atoms with Crippen molar-refractivity contribution in [1.29, 1.82) is 0 Å². The lowest BCUT2D eigenvalue weighted by atomic mass is 10.2. The Morgan fingerprint density at radius 3 is 3.06 bits per heavy atom. The zero-order valence-corrected chi connectivity index (χ0v) is 11.2. The number of hydrogen-bond donors (Lipinski definition) is 3. The SMILES string of the molecule is CN(CCOCCO)Cc1ccsc1C(=O)NN. The minimum atomic E-state index is -0.259. The number of amides is 1. The molecular weight excluding hydrogens is 254 g/mol. The van der Waals surface area contributed by atoms with E-state index in [9.17, 15) is 4.79 Å². The highest BCUT2D eigenvalue weighted by molar-refractivity contribution is 7.12. The second-order valence-electron chi connectivity index (χ2n) is 3.82. The third kappa shape index (κ3) is 4.71. The average molecular weight is 273 g/mol. The van der Waals surface area contributed by atoms with Crippen LogP contribution in [-0.4, -0.2) is 49.3 Å². The molecule has 0 aliphatic rings. The summed E-state index contributed by atoms with van der Waals surface area (Å²) in [5.74, 6) is 4.87. The van der Waals surface area contributed by atoms with Crippen molar-refractivity contribution in [2.24, 2.45) is 5.84 Å². The lowest BCUT2D eigenvalue weighted by molar-refractivity contribution is 0.0772. The summed E-state index contributed by atoms with van der Waals surface area (Å²) in [6.07, 6.45) is 0. The molecule has 6 nitrogen and oxygen atoms in total. The second kappa shape index (κ2) is 8.17. The van der Waals surface area contributed by atoms with Gasteiger partial charge in [0.25, 0.3) is 5.91 Å². The maximum Gasteiger partial charge on any atom is 0.275 e. The van der Waals surface area contributed by atoms with Crippen LogP contribution in [0.2, 0.25) is 0 Å². The first-order valence-corrected chi connectivity index (χ1v) is 6.51. The number of hydrogen-bond acceptors (Lipinski definition) is 6. The third-order valence-electron chi connectivity index (χ3n) is 2.38. The van der Waals surface area contributed by atoms with Crippen LogP contribution < -0.4 is 11.3 Å². The van der Waals surface area contributed by atoms with Crippen LogP contribution >= 0.6 is 11.3 Å². The van der Waals surface area contributed by atoms with Gasteiger partial charge in [0.05, 0.1) is 24.7 Å². The van der Waals surface area contributed by atoms with E-state index >= 15 is 0 Å². The molecule has 102 valence electrons. The number of aliphatic hydroxyl groups excluding tert-OH is 1. The van der Waals surface area contributed by atoms with Gasteiger partial charge >= 0.3 is 0 Å². The number of nitrogen functional groups attached to an aromatic ring is 1. The minimum absolute atomic E-state index is 0.0368. The number of nitrogens with one attached hydrogen (secondary N) is 1. The number of carbonyl (C=O) groups is 1.